The highest BCUT2D eigenvalue weighted by atomic mass is 32.1. The predicted molar refractivity (Wildman–Crippen MR) is 99.0 cm³/mol. The Morgan fingerprint density at radius 2 is 1.86 bits per heavy atom. The molecule has 2 aromatic carbocycles. The number of hydrogen-bond acceptors (Lipinski definition) is 5. The second kappa shape index (κ2) is 7.73. The highest BCUT2D eigenvalue weighted by Gasteiger charge is 2.30. The zero-order chi connectivity index (χ0) is 20.3. The lowest BCUT2D eigenvalue weighted by atomic mass is 10.1. The second-order valence-electron chi connectivity index (χ2n) is 5.65. The van der Waals surface area contributed by atoms with Gasteiger partial charge in [0.2, 0.25) is 0 Å². The van der Waals surface area contributed by atoms with Crippen molar-refractivity contribution in [2.75, 3.05) is 0 Å². The Bertz CT molecular complexity index is 1060. The van der Waals surface area contributed by atoms with Crippen molar-refractivity contribution in [3.8, 4) is 10.6 Å². The first kappa shape index (κ1) is 19.4. The van der Waals surface area contributed by atoms with E-state index < -0.39 is 16.7 Å². The molecule has 9 heteroatoms. The van der Waals surface area contributed by atoms with Crippen LogP contribution < -0.4 is 0 Å². The molecule has 1 aromatic heterocycles. The molecule has 0 aliphatic carbocycles. The number of benzene rings is 2. The van der Waals surface area contributed by atoms with Gasteiger partial charge in [0, 0.05) is 23.9 Å². The summed E-state index contributed by atoms with van der Waals surface area (Å²) in [4.78, 5) is 26.9. The van der Waals surface area contributed by atoms with Crippen molar-refractivity contribution in [3.05, 3.63) is 86.9 Å². The molecule has 0 saturated carbocycles. The van der Waals surface area contributed by atoms with E-state index in [-0.39, 0.29) is 11.5 Å². The molecule has 0 spiro atoms. The number of rotatable bonds is 5. The van der Waals surface area contributed by atoms with Gasteiger partial charge in [0.1, 0.15) is 5.01 Å². The fourth-order valence-electron chi connectivity index (χ4n) is 2.32. The Hall–Kier alpha value is -3.33. The van der Waals surface area contributed by atoms with Gasteiger partial charge in [-0.25, -0.2) is 4.98 Å². The number of carbonyl (C=O) groups is 1. The summed E-state index contributed by atoms with van der Waals surface area (Å²) in [6.45, 7) is 0. The Labute approximate surface area is 160 Å². The van der Waals surface area contributed by atoms with Crippen LogP contribution in [0.2, 0.25) is 0 Å². The van der Waals surface area contributed by atoms with E-state index >= 15 is 0 Å². The molecule has 0 aliphatic rings. The van der Waals surface area contributed by atoms with E-state index in [1.165, 1.54) is 48.7 Å². The van der Waals surface area contributed by atoms with E-state index in [2.05, 4.69) is 4.98 Å². The van der Waals surface area contributed by atoms with Crippen LogP contribution in [0.25, 0.3) is 16.6 Å². The standard InChI is InChI=1S/C19H11F3N2O3S/c20-19(21,22)14-7-5-13(6-8-14)18-23-11-17(28-18)16(25)9-4-12-2-1-3-15(10-12)24(26)27/h1-11H. The highest BCUT2D eigenvalue weighted by molar-refractivity contribution is 7.17. The summed E-state index contributed by atoms with van der Waals surface area (Å²) in [6.07, 6.45) is -0.354. The molecule has 3 rings (SSSR count). The highest BCUT2D eigenvalue weighted by Crippen LogP contribution is 2.32. The number of alkyl halides is 3. The maximum Gasteiger partial charge on any atom is 0.416 e. The smallest absolute Gasteiger partial charge is 0.288 e. The molecule has 0 aliphatic heterocycles. The number of aromatic nitrogens is 1. The number of ketones is 1. The van der Waals surface area contributed by atoms with Gasteiger partial charge in [-0.15, -0.1) is 11.3 Å². The van der Waals surface area contributed by atoms with Gasteiger partial charge in [-0.1, -0.05) is 30.3 Å². The molecular formula is C19H11F3N2O3S. The van der Waals surface area contributed by atoms with Crippen molar-refractivity contribution in [1.82, 2.24) is 4.98 Å². The monoisotopic (exact) mass is 404 g/mol. The van der Waals surface area contributed by atoms with Crippen molar-refractivity contribution >= 4 is 28.9 Å². The average Bonchev–Trinajstić information content (AvgIpc) is 3.16. The molecule has 3 aromatic rings. The van der Waals surface area contributed by atoms with E-state index in [1.54, 1.807) is 6.07 Å². The van der Waals surface area contributed by atoms with Crippen LogP contribution in [0.5, 0.6) is 0 Å². The number of carbonyl (C=O) groups excluding carboxylic acids is 1. The van der Waals surface area contributed by atoms with Gasteiger partial charge < -0.3 is 0 Å². The SMILES string of the molecule is O=C(C=Cc1cccc([N+](=O)[O-])c1)c1cnc(-c2ccc(C(F)(F)F)cc2)s1. The average molecular weight is 404 g/mol. The minimum absolute atomic E-state index is 0.0861. The quantitative estimate of drug-likeness (QED) is 0.239. The van der Waals surface area contributed by atoms with Gasteiger partial charge in [0.15, 0.2) is 5.78 Å². The molecule has 1 heterocycles. The van der Waals surface area contributed by atoms with E-state index in [0.717, 1.165) is 23.5 Å². The summed E-state index contributed by atoms with van der Waals surface area (Å²) in [5.41, 5.74) is 0.121. The number of nitrogens with zero attached hydrogens (tertiary/aromatic N) is 2. The van der Waals surface area contributed by atoms with Crippen LogP contribution in [0.15, 0.2) is 60.8 Å². The van der Waals surface area contributed by atoms with Crippen LogP contribution in [0, 0.1) is 10.1 Å². The summed E-state index contributed by atoms with van der Waals surface area (Å²) >= 11 is 1.05. The summed E-state index contributed by atoms with van der Waals surface area (Å²) < 4.78 is 37.9. The molecule has 0 unspecified atom stereocenters. The van der Waals surface area contributed by atoms with E-state index in [1.807, 2.05) is 0 Å². The van der Waals surface area contributed by atoms with Crippen LogP contribution in [0.4, 0.5) is 18.9 Å². The number of nitro benzene ring substituents is 1. The Morgan fingerprint density at radius 3 is 2.50 bits per heavy atom. The first-order valence-corrected chi connectivity index (χ1v) is 8.66. The first-order chi connectivity index (χ1) is 13.2. The van der Waals surface area contributed by atoms with Crippen molar-refractivity contribution in [2.45, 2.75) is 6.18 Å². The van der Waals surface area contributed by atoms with Crippen molar-refractivity contribution in [1.29, 1.82) is 0 Å². The lowest BCUT2D eigenvalue weighted by molar-refractivity contribution is -0.384. The largest absolute Gasteiger partial charge is 0.416 e. The van der Waals surface area contributed by atoms with Crippen molar-refractivity contribution in [3.63, 3.8) is 0 Å². The molecule has 0 bridgehead atoms. The summed E-state index contributed by atoms with van der Waals surface area (Å²) in [7, 11) is 0. The van der Waals surface area contributed by atoms with Crippen LogP contribution in [0.1, 0.15) is 20.8 Å². The van der Waals surface area contributed by atoms with Gasteiger partial charge in [-0.2, -0.15) is 13.2 Å². The molecule has 0 fully saturated rings. The minimum Gasteiger partial charge on any atom is -0.288 e. The number of hydrogen-bond donors (Lipinski definition) is 0. The lowest BCUT2D eigenvalue weighted by Gasteiger charge is -2.06. The predicted octanol–water partition coefficient (Wildman–Crippen LogP) is 5.63. The lowest BCUT2D eigenvalue weighted by Crippen LogP contribution is -2.03. The molecule has 0 amide bonds. The zero-order valence-electron chi connectivity index (χ0n) is 14.0. The topological polar surface area (TPSA) is 73.1 Å². The van der Waals surface area contributed by atoms with Gasteiger partial charge in [0.05, 0.1) is 15.4 Å². The normalized spacial score (nSPS) is 11.7. The molecule has 0 atom stereocenters. The van der Waals surface area contributed by atoms with Crippen molar-refractivity contribution in [2.24, 2.45) is 0 Å². The molecular weight excluding hydrogens is 393 g/mol. The minimum atomic E-state index is -4.42. The summed E-state index contributed by atoms with van der Waals surface area (Å²) in [6, 6.07) is 10.3. The van der Waals surface area contributed by atoms with Crippen LogP contribution in [0.3, 0.4) is 0 Å². The van der Waals surface area contributed by atoms with Crippen LogP contribution >= 0.6 is 11.3 Å². The van der Waals surface area contributed by atoms with Gasteiger partial charge >= 0.3 is 6.18 Å². The Kier molecular flexibility index (Phi) is 5.36. The van der Waals surface area contributed by atoms with Crippen molar-refractivity contribution < 1.29 is 22.9 Å². The van der Waals surface area contributed by atoms with E-state index in [0.29, 0.717) is 21.0 Å². The fourth-order valence-corrected chi connectivity index (χ4v) is 3.16. The maximum atomic E-state index is 12.6. The third-order valence-electron chi connectivity index (χ3n) is 3.72. The molecule has 0 N–H and O–H groups in total. The van der Waals surface area contributed by atoms with Gasteiger partial charge in [-0.3, -0.25) is 14.9 Å². The van der Waals surface area contributed by atoms with E-state index in [4.69, 9.17) is 0 Å². The number of non-ortho nitro benzene ring substituents is 1. The summed E-state index contributed by atoms with van der Waals surface area (Å²) in [5, 5.41) is 11.2. The fraction of sp³-hybridized carbons (Fsp3) is 0.0526. The third kappa shape index (κ3) is 4.49. The zero-order valence-corrected chi connectivity index (χ0v) is 14.8. The number of allylic oxidation sites excluding steroid dienone is 1. The molecule has 142 valence electrons. The second-order valence-corrected chi connectivity index (χ2v) is 6.69. The Balaban J connectivity index is 1.75. The van der Waals surface area contributed by atoms with Crippen LogP contribution in [-0.4, -0.2) is 15.7 Å². The maximum absolute atomic E-state index is 12.6. The summed E-state index contributed by atoms with van der Waals surface area (Å²) in [5.74, 6) is -0.359. The number of nitro groups is 1. The first-order valence-electron chi connectivity index (χ1n) is 7.84. The molecule has 0 saturated heterocycles. The van der Waals surface area contributed by atoms with Gasteiger partial charge in [0.25, 0.3) is 5.69 Å². The number of thiazole rings is 1. The van der Waals surface area contributed by atoms with E-state index in [9.17, 15) is 28.1 Å². The number of halogens is 3. The molecule has 5 nitrogen and oxygen atoms in total. The molecule has 28 heavy (non-hydrogen) atoms. The van der Waals surface area contributed by atoms with Gasteiger partial charge in [-0.05, 0) is 23.8 Å². The third-order valence-corrected chi connectivity index (χ3v) is 4.78. The molecule has 0 radical (unpaired) electrons. The Morgan fingerprint density at radius 1 is 1.14 bits per heavy atom. The van der Waals surface area contributed by atoms with Crippen LogP contribution in [-0.2, 0) is 6.18 Å².